The van der Waals surface area contributed by atoms with Crippen LogP contribution in [0.4, 0.5) is 0 Å². The second kappa shape index (κ2) is 4.19. The second-order valence-corrected chi connectivity index (χ2v) is 5.07. The van der Waals surface area contributed by atoms with Gasteiger partial charge in [0.25, 0.3) is 0 Å². The highest BCUT2D eigenvalue weighted by molar-refractivity contribution is 5.01. The molecule has 0 aromatic rings. The van der Waals surface area contributed by atoms with Gasteiger partial charge in [-0.25, -0.2) is 0 Å². The van der Waals surface area contributed by atoms with Gasteiger partial charge in [0.05, 0.1) is 6.61 Å². The Morgan fingerprint density at radius 2 is 1.86 bits per heavy atom. The van der Waals surface area contributed by atoms with Crippen molar-refractivity contribution < 1.29 is 5.11 Å². The number of hydrogen-bond acceptors (Lipinski definition) is 2. The zero-order valence-corrected chi connectivity index (χ0v) is 9.26. The molecule has 0 amide bonds. The van der Waals surface area contributed by atoms with Crippen LogP contribution >= 0.6 is 0 Å². The lowest BCUT2D eigenvalue weighted by Crippen LogP contribution is -2.53. The maximum atomic E-state index is 9.58. The van der Waals surface area contributed by atoms with Crippen LogP contribution < -0.4 is 5.32 Å². The average molecular weight is 197 g/mol. The molecule has 0 spiro atoms. The zero-order chi connectivity index (χ0) is 10.0. The summed E-state index contributed by atoms with van der Waals surface area (Å²) in [7, 11) is 0. The van der Waals surface area contributed by atoms with Crippen LogP contribution in [0.5, 0.6) is 0 Å². The normalized spacial score (nSPS) is 27.9. The molecule has 1 atom stereocenters. The van der Waals surface area contributed by atoms with E-state index in [4.69, 9.17) is 0 Å². The molecule has 0 saturated heterocycles. The first-order valence-electron chi connectivity index (χ1n) is 6.19. The molecule has 2 nitrogen and oxygen atoms in total. The van der Waals surface area contributed by atoms with Crippen LogP contribution in [0.3, 0.4) is 0 Å². The Morgan fingerprint density at radius 1 is 1.21 bits per heavy atom. The molecule has 2 rings (SSSR count). The van der Waals surface area contributed by atoms with Gasteiger partial charge in [0.15, 0.2) is 0 Å². The van der Waals surface area contributed by atoms with Crippen molar-refractivity contribution in [1.29, 1.82) is 0 Å². The van der Waals surface area contributed by atoms with Gasteiger partial charge >= 0.3 is 0 Å². The van der Waals surface area contributed by atoms with Gasteiger partial charge in [-0.3, -0.25) is 0 Å². The van der Waals surface area contributed by atoms with Crippen LogP contribution in [0.1, 0.15) is 51.9 Å². The lowest BCUT2D eigenvalue weighted by Gasteiger charge is -2.35. The third-order valence-corrected chi connectivity index (χ3v) is 4.12. The maximum Gasteiger partial charge on any atom is 0.0616 e. The summed E-state index contributed by atoms with van der Waals surface area (Å²) in [6.07, 6.45) is 9.07. The molecule has 0 aliphatic heterocycles. The van der Waals surface area contributed by atoms with Crippen LogP contribution in [0, 0.1) is 5.92 Å². The Balaban J connectivity index is 1.94. The molecule has 2 heteroatoms. The van der Waals surface area contributed by atoms with Gasteiger partial charge in [-0.15, -0.1) is 0 Å². The summed E-state index contributed by atoms with van der Waals surface area (Å²) in [5.41, 5.74) is 0.0645. The molecule has 0 aromatic heterocycles. The molecule has 0 bridgehead atoms. The van der Waals surface area contributed by atoms with Crippen LogP contribution in [-0.4, -0.2) is 23.3 Å². The fourth-order valence-electron chi connectivity index (χ4n) is 2.91. The number of hydrogen-bond donors (Lipinski definition) is 2. The largest absolute Gasteiger partial charge is 0.394 e. The van der Waals surface area contributed by atoms with E-state index in [-0.39, 0.29) is 5.54 Å². The van der Waals surface area contributed by atoms with E-state index in [9.17, 15) is 5.11 Å². The van der Waals surface area contributed by atoms with E-state index in [1.54, 1.807) is 0 Å². The predicted octanol–water partition coefficient (Wildman–Crippen LogP) is 2.07. The summed E-state index contributed by atoms with van der Waals surface area (Å²) in [5, 5.41) is 13.3. The molecule has 2 saturated carbocycles. The van der Waals surface area contributed by atoms with Crippen LogP contribution in [-0.2, 0) is 0 Å². The molecular weight excluding hydrogens is 174 g/mol. The first-order valence-corrected chi connectivity index (χ1v) is 6.19. The quantitative estimate of drug-likeness (QED) is 0.707. The van der Waals surface area contributed by atoms with E-state index in [0.717, 1.165) is 12.3 Å². The Kier molecular flexibility index (Phi) is 3.13. The van der Waals surface area contributed by atoms with Gasteiger partial charge in [-0.2, -0.15) is 0 Å². The summed E-state index contributed by atoms with van der Waals surface area (Å²) in [5.74, 6) is 0.748. The molecule has 82 valence electrons. The molecule has 2 N–H and O–H groups in total. The smallest absolute Gasteiger partial charge is 0.0616 e. The highest BCUT2D eigenvalue weighted by Gasteiger charge is 2.44. The van der Waals surface area contributed by atoms with Crippen molar-refractivity contribution in [3.8, 4) is 0 Å². The topological polar surface area (TPSA) is 32.3 Å². The highest BCUT2D eigenvalue weighted by Crippen LogP contribution is 2.42. The first kappa shape index (κ1) is 10.4. The molecule has 0 radical (unpaired) electrons. The number of aliphatic hydroxyl groups is 1. The van der Waals surface area contributed by atoms with Crippen LogP contribution in [0.2, 0.25) is 0 Å². The average Bonchev–Trinajstić information content (AvgIpc) is 2.95. The van der Waals surface area contributed by atoms with Gasteiger partial charge in [0.2, 0.25) is 0 Å². The van der Waals surface area contributed by atoms with Gasteiger partial charge in [0, 0.05) is 11.6 Å². The summed E-state index contributed by atoms with van der Waals surface area (Å²) < 4.78 is 0. The molecule has 1 unspecified atom stereocenters. The van der Waals surface area contributed by atoms with E-state index in [1.165, 1.54) is 38.5 Å². The molecule has 14 heavy (non-hydrogen) atoms. The molecule has 0 heterocycles. The fraction of sp³-hybridized carbons (Fsp3) is 1.00. The SMILES string of the molecule is CCC(CO)(NC1CCCC1)C1CC1. The zero-order valence-electron chi connectivity index (χ0n) is 9.26. The van der Waals surface area contributed by atoms with E-state index in [0.29, 0.717) is 12.6 Å². The van der Waals surface area contributed by atoms with E-state index in [2.05, 4.69) is 12.2 Å². The third-order valence-electron chi connectivity index (χ3n) is 4.12. The molecule has 2 aliphatic rings. The highest BCUT2D eigenvalue weighted by atomic mass is 16.3. The van der Waals surface area contributed by atoms with Gasteiger partial charge in [0.1, 0.15) is 0 Å². The minimum Gasteiger partial charge on any atom is -0.394 e. The number of aliphatic hydroxyl groups excluding tert-OH is 1. The monoisotopic (exact) mass is 197 g/mol. The minimum absolute atomic E-state index is 0.0645. The Hall–Kier alpha value is -0.0800. The van der Waals surface area contributed by atoms with E-state index in [1.807, 2.05) is 0 Å². The van der Waals surface area contributed by atoms with Crippen LogP contribution in [0.15, 0.2) is 0 Å². The van der Waals surface area contributed by atoms with Crippen molar-refractivity contribution in [1.82, 2.24) is 5.32 Å². The van der Waals surface area contributed by atoms with Crippen molar-refractivity contribution in [2.24, 2.45) is 5.92 Å². The molecular formula is C12H23NO. The van der Waals surface area contributed by atoms with Gasteiger partial charge in [-0.05, 0) is 38.0 Å². The van der Waals surface area contributed by atoms with E-state index < -0.39 is 0 Å². The minimum atomic E-state index is 0.0645. The standard InChI is InChI=1S/C12H23NO/c1-2-12(9-14,10-7-8-10)13-11-5-3-4-6-11/h10-11,13-14H,2-9H2,1H3. The summed E-state index contributed by atoms with van der Waals surface area (Å²) >= 11 is 0. The number of nitrogens with one attached hydrogen (secondary N) is 1. The summed E-state index contributed by atoms with van der Waals surface area (Å²) in [6.45, 7) is 2.53. The predicted molar refractivity (Wildman–Crippen MR) is 58.2 cm³/mol. The van der Waals surface area contributed by atoms with Gasteiger partial charge < -0.3 is 10.4 Å². The van der Waals surface area contributed by atoms with Crippen molar-refractivity contribution in [2.45, 2.75) is 63.5 Å². The van der Waals surface area contributed by atoms with Crippen LogP contribution in [0.25, 0.3) is 0 Å². The van der Waals surface area contributed by atoms with Crippen molar-refractivity contribution >= 4 is 0 Å². The fourth-order valence-corrected chi connectivity index (χ4v) is 2.91. The molecule has 2 aliphatic carbocycles. The lowest BCUT2D eigenvalue weighted by atomic mass is 9.89. The maximum absolute atomic E-state index is 9.58. The van der Waals surface area contributed by atoms with E-state index >= 15 is 0 Å². The first-order chi connectivity index (χ1) is 6.80. The van der Waals surface area contributed by atoms with Crippen molar-refractivity contribution in [3.05, 3.63) is 0 Å². The number of rotatable bonds is 5. The summed E-state index contributed by atoms with van der Waals surface area (Å²) in [6, 6.07) is 0.683. The Labute approximate surface area is 87.1 Å². The Bertz CT molecular complexity index is 179. The third kappa shape index (κ3) is 1.96. The molecule has 2 fully saturated rings. The lowest BCUT2D eigenvalue weighted by molar-refractivity contribution is 0.122. The second-order valence-electron chi connectivity index (χ2n) is 5.07. The molecule has 0 aromatic carbocycles. The summed E-state index contributed by atoms with van der Waals surface area (Å²) in [4.78, 5) is 0. The van der Waals surface area contributed by atoms with Crippen molar-refractivity contribution in [3.63, 3.8) is 0 Å². The van der Waals surface area contributed by atoms with Gasteiger partial charge in [-0.1, -0.05) is 19.8 Å². The van der Waals surface area contributed by atoms with Crippen molar-refractivity contribution in [2.75, 3.05) is 6.61 Å². The Morgan fingerprint density at radius 3 is 2.29 bits per heavy atom.